The van der Waals surface area contributed by atoms with Gasteiger partial charge in [-0.2, -0.15) is 4.98 Å². The fourth-order valence-electron chi connectivity index (χ4n) is 3.56. The lowest BCUT2D eigenvalue weighted by Gasteiger charge is -2.37. The maximum absolute atomic E-state index is 11.6. The van der Waals surface area contributed by atoms with E-state index in [0.717, 1.165) is 38.2 Å². The number of aromatic nitrogens is 2. The average Bonchev–Trinajstić information content (AvgIpc) is 3.23. The average molecular weight is 362 g/mol. The highest BCUT2D eigenvalue weighted by atomic mass is 32.2. The second kappa shape index (κ2) is 6.86. The van der Waals surface area contributed by atoms with Crippen LogP contribution in [-0.2, 0) is 16.4 Å². The summed E-state index contributed by atoms with van der Waals surface area (Å²) in [5.41, 5.74) is 0.949. The molecule has 7 nitrogen and oxygen atoms in total. The van der Waals surface area contributed by atoms with E-state index in [-0.39, 0.29) is 6.04 Å². The van der Waals surface area contributed by atoms with Crippen molar-refractivity contribution in [2.24, 2.45) is 0 Å². The highest BCUT2D eigenvalue weighted by Crippen LogP contribution is 2.20. The molecule has 0 N–H and O–H groups in total. The molecule has 25 heavy (non-hydrogen) atoms. The Morgan fingerprint density at radius 1 is 1.12 bits per heavy atom. The van der Waals surface area contributed by atoms with E-state index in [4.69, 9.17) is 4.52 Å². The molecule has 0 bridgehead atoms. The minimum absolute atomic E-state index is 0.195. The van der Waals surface area contributed by atoms with Crippen molar-refractivity contribution in [2.75, 3.05) is 37.7 Å². The highest BCUT2D eigenvalue weighted by Gasteiger charge is 2.33. The molecule has 2 saturated heterocycles. The van der Waals surface area contributed by atoms with E-state index in [9.17, 15) is 8.42 Å². The van der Waals surface area contributed by atoms with Crippen LogP contribution in [0.4, 0.5) is 0 Å². The Balaban J connectivity index is 1.31. The van der Waals surface area contributed by atoms with Crippen LogP contribution in [0, 0.1) is 0 Å². The maximum Gasteiger partial charge on any atom is 0.241 e. The molecule has 1 aromatic heterocycles. The molecular weight excluding hydrogens is 340 g/mol. The SMILES string of the molecule is O=S1(=O)CC[C@H](N2CCN(Cc3nc(-c4ccccc4)no3)CC2)C1. The van der Waals surface area contributed by atoms with E-state index in [1.165, 1.54) is 0 Å². The van der Waals surface area contributed by atoms with Crippen molar-refractivity contribution in [1.82, 2.24) is 19.9 Å². The van der Waals surface area contributed by atoms with Gasteiger partial charge >= 0.3 is 0 Å². The Hall–Kier alpha value is -1.77. The van der Waals surface area contributed by atoms with Gasteiger partial charge in [-0.3, -0.25) is 9.80 Å². The van der Waals surface area contributed by atoms with Crippen LogP contribution < -0.4 is 0 Å². The lowest BCUT2D eigenvalue weighted by atomic mass is 10.2. The molecule has 0 radical (unpaired) electrons. The first-order valence-corrected chi connectivity index (χ1v) is 10.5. The zero-order valence-corrected chi connectivity index (χ0v) is 14.9. The van der Waals surface area contributed by atoms with E-state index in [0.29, 0.717) is 29.8 Å². The molecule has 4 rings (SSSR count). The Kier molecular flexibility index (Phi) is 4.58. The molecule has 2 aliphatic heterocycles. The lowest BCUT2D eigenvalue weighted by Crippen LogP contribution is -2.50. The quantitative estimate of drug-likeness (QED) is 0.804. The molecule has 0 unspecified atom stereocenters. The Labute approximate surface area is 147 Å². The molecule has 2 fully saturated rings. The topological polar surface area (TPSA) is 79.5 Å². The molecular formula is C17H22N4O3S. The van der Waals surface area contributed by atoms with Crippen LogP contribution >= 0.6 is 0 Å². The van der Waals surface area contributed by atoms with Gasteiger partial charge in [0.1, 0.15) is 0 Å². The van der Waals surface area contributed by atoms with Crippen molar-refractivity contribution in [3.8, 4) is 11.4 Å². The predicted molar refractivity (Wildman–Crippen MR) is 93.6 cm³/mol. The number of piperazine rings is 1. The third-order valence-corrected chi connectivity index (χ3v) is 6.74. The molecule has 0 aliphatic carbocycles. The standard InChI is InChI=1S/C17H22N4O3S/c22-25(23)11-6-15(13-25)21-9-7-20(8-10-21)12-16-18-17(19-24-16)14-4-2-1-3-5-14/h1-5,15H,6-13H2/t15-/m0/s1. The van der Waals surface area contributed by atoms with Gasteiger partial charge in [0.15, 0.2) is 9.84 Å². The zero-order chi connectivity index (χ0) is 17.3. The first-order valence-electron chi connectivity index (χ1n) is 8.64. The van der Waals surface area contributed by atoms with Crippen LogP contribution in [0.15, 0.2) is 34.9 Å². The summed E-state index contributed by atoms with van der Waals surface area (Å²) in [6.45, 7) is 4.19. The van der Waals surface area contributed by atoms with Gasteiger partial charge in [0.05, 0.1) is 18.1 Å². The largest absolute Gasteiger partial charge is 0.338 e. The lowest BCUT2D eigenvalue weighted by molar-refractivity contribution is 0.0926. The number of sulfone groups is 1. The summed E-state index contributed by atoms with van der Waals surface area (Å²) in [5, 5.41) is 4.06. The summed E-state index contributed by atoms with van der Waals surface area (Å²) >= 11 is 0. The number of benzene rings is 1. The summed E-state index contributed by atoms with van der Waals surface area (Å²) in [4.78, 5) is 9.07. The number of rotatable bonds is 4. The van der Waals surface area contributed by atoms with E-state index in [1.54, 1.807) is 0 Å². The van der Waals surface area contributed by atoms with Crippen LogP contribution in [-0.4, -0.2) is 72.1 Å². The summed E-state index contributed by atoms with van der Waals surface area (Å²) in [5.74, 6) is 1.89. The second-order valence-corrected chi connectivity index (χ2v) is 8.98. The van der Waals surface area contributed by atoms with Gasteiger partial charge in [-0.05, 0) is 6.42 Å². The Morgan fingerprint density at radius 3 is 2.56 bits per heavy atom. The van der Waals surface area contributed by atoms with Crippen LogP contribution in [0.2, 0.25) is 0 Å². The van der Waals surface area contributed by atoms with Crippen molar-refractivity contribution in [2.45, 2.75) is 19.0 Å². The smallest absolute Gasteiger partial charge is 0.241 e. The van der Waals surface area contributed by atoms with Crippen LogP contribution in [0.5, 0.6) is 0 Å². The van der Waals surface area contributed by atoms with E-state index in [1.807, 2.05) is 30.3 Å². The van der Waals surface area contributed by atoms with Crippen molar-refractivity contribution < 1.29 is 12.9 Å². The fraction of sp³-hybridized carbons (Fsp3) is 0.529. The summed E-state index contributed by atoms with van der Waals surface area (Å²) in [6, 6.07) is 9.98. The van der Waals surface area contributed by atoms with E-state index >= 15 is 0 Å². The molecule has 8 heteroatoms. The van der Waals surface area contributed by atoms with Gasteiger partial charge in [-0.15, -0.1) is 0 Å². The first kappa shape index (κ1) is 16.7. The molecule has 1 aromatic carbocycles. The van der Waals surface area contributed by atoms with Gasteiger partial charge < -0.3 is 4.52 Å². The van der Waals surface area contributed by atoms with E-state index in [2.05, 4.69) is 19.9 Å². The highest BCUT2D eigenvalue weighted by molar-refractivity contribution is 7.91. The maximum atomic E-state index is 11.6. The molecule has 0 spiro atoms. The summed E-state index contributed by atoms with van der Waals surface area (Å²) < 4.78 is 28.7. The second-order valence-electron chi connectivity index (χ2n) is 6.75. The summed E-state index contributed by atoms with van der Waals surface area (Å²) in [7, 11) is -2.82. The van der Waals surface area contributed by atoms with Gasteiger partial charge in [0, 0.05) is 37.8 Å². The molecule has 1 atom stereocenters. The van der Waals surface area contributed by atoms with Crippen LogP contribution in [0.25, 0.3) is 11.4 Å². The number of nitrogens with zero attached hydrogens (tertiary/aromatic N) is 4. The third kappa shape index (κ3) is 3.91. The van der Waals surface area contributed by atoms with Crippen molar-refractivity contribution in [3.05, 3.63) is 36.2 Å². The molecule has 3 heterocycles. The van der Waals surface area contributed by atoms with Crippen molar-refractivity contribution in [1.29, 1.82) is 0 Å². The minimum atomic E-state index is -2.82. The molecule has 2 aromatic rings. The van der Waals surface area contributed by atoms with Crippen molar-refractivity contribution >= 4 is 9.84 Å². The van der Waals surface area contributed by atoms with E-state index < -0.39 is 9.84 Å². The fourth-order valence-corrected chi connectivity index (χ4v) is 5.33. The van der Waals surface area contributed by atoms with Gasteiger partial charge in [-0.1, -0.05) is 35.5 Å². The van der Waals surface area contributed by atoms with Gasteiger partial charge in [0.2, 0.25) is 11.7 Å². The summed E-state index contributed by atoms with van der Waals surface area (Å²) in [6.07, 6.45) is 0.770. The molecule has 2 aliphatic rings. The normalized spacial score (nSPS) is 24.6. The van der Waals surface area contributed by atoms with Crippen molar-refractivity contribution in [3.63, 3.8) is 0 Å². The number of hydrogen-bond donors (Lipinski definition) is 0. The van der Waals surface area contributed by atoms with Gasteiger partial charge in [-0.25, -0.2) is 8.42 Å². The molecule has 0 amide bonds. The monoisotopic (exact) mass is 362 g/mol. The minimum Gasteiger partial charge on any atom is -0.338 e. The zero-order valence-electron chi connectivity index (χ0n) is 14.0. The Morgan fingerprint density at radius 2 is 1.88 bits per heavy atom. The molecule has 0 saturated carbocycles. The Bertz CT molecular complexity index is 813. The third-order valence-electron chi connectivity index (χ3n) is 4.99. The number of hydrogen-bond acceptors (Lipinski definition) is 7. The predicted octanol–water partition coefficient (Wildman–Crippen LogP) is 1.04. The molecule has 134 valence electrons. The van der Waals surface area contributed by atoms with Crippen LogP contribution in [0.1, 0.15) is 12.3 Å². The first-order chi connectivity index (χ1) is 12.1. The van der Waals surface area contributed by atoms with Gasteiger partial charge in [0.25, 0.3) is 0 Å². The van der Waals surface area contributed by atoms with Crippen LogP contribution in [0.3, 0.4) is 0 Å².